The normalized spacial score (nSPS) is 19.8. The highest BCUT2D eigenvalue weighted by Crippen LogP contribution is 2.36. The third-order valence-corrected chi connectivity index (χ3v) is 8.20. The van der Waals surface area contributed by atoms with Gasteiger partial charge < -0.3 is 19.6 Å². The summed E-state index contributed by atoms with van der Waals surface area (Å²) in [5.41, 5.74) is 1.09. The molecule has 0 aromatic heterocycles. The molecular weight excluding hydrogens is 478 g/mol. The monoisotopic (exact) mass is 509 g/mol. The number of benzene rings is 2. The number of likely N-dealkylation sites (N-methyl/N-ethyl adjacent to an activating group) is 1. The fourth-order valence-electron chi connectivity index (χ4n) is 3.94. The van der Waals surface area contributed by atoms with Gasteiger partial charge in [0, 0.05) is 38.6 Å². The first-order chi connectivity index (χ1) is 16.0. The second-order valence-corrected chi connectivity index (χ2v) is 11.4. The third-order valence-electron chi connectivity index (χ3n) is 6.11. The number of carbonyl (C=O) groups excluding carboxylic acids is 1. The molecule has 1 aliphatic heterocycles. The minimum Gasteiger partial charge on any atom is -0.486 e. The zero-order valence-corrected chi connectivity index (χ0v) is 21.7. The molecule has 1 heterocycles. The Bertz CT molecular complexity index is 1120. The van der Waals surface area contributed by atoms with Crippen molar-refractivity contribution in [2.75, 3.05) is 45.7 Å². The van der Waals surface area contributed by atoms with E-state index in [9.17, 15) is 18.3 Å². The number of anilines is 1. The lowest BCUT2D eigenvalue weighted by Crippen LogP contribution is -2.50. The molecule has 34 heavy (non-hydrogen) atoms. The third kappa shape index (κ3) is 5.33. The molecule has 8 nitrogen and oxygen atoms in total. The minimum absolute atomic E-state index is 0.0723. The summed E-state index contributed by atoms with van der Waals surface area (Å²) in [6, 6.07) is 11.0. The van der Waals surface area contributed by atoms with Crippen LogP contribution >= 0.6 is 11.6 Å². The maximum Gasteiger partial charge on any atom is 0.258 e. The molecule has 1 amide bonds. The summed E-state index contributed by atoms with van der Waals surface area (Å²) < 4.78 is 34.1. The number of hydrogen-bond acceptors (Lipinski definition) is 6. The van der Waals surface area contributed by atoms with Gasteiger partial charge in [0.1, 0.15) is 6.10 Å². The van der Waals surface area contributed by atoms with E-state index >= 15 is 0 Å². The van der Waals surface area contributed by atoms with Gasteiger partial charge in [-0.25, -0.2) is 8.42 Å². The van der Waals surface area contributed by atoms with Gasteiger partial charge in [0.15, 0.2) is 5.75 Å². The van der Waals surface area contributed by atoms with Crippen LogP contribution < -0.4 is 9.64 Å². The van der Waals surface area contributed by atoms with E-state index in [1.165, 1.54) is 35.6 Å². The molecule has 0 spiro atoms. The molecule has 10 heteroatoms. The molecule has 1 N–H and O–H groups in total. The summed E-state index contributed by atoms with van der Waals surface area (Å²) in [4.78, 5) is 17.0. The van der Waals surface area contributed by atoms with E-state index in [1.807, 2.05) is 32.0 Å². The maximum atomic E-state index is 13.4. The fraction of sp³-hybridized carbons (Fsp3) is 0.458. The molecule has 0 fully saturated rings. The van der Waals surface area contributed by atoms with Crippen molar-refractivity contribution in [3.8, 4) is 5.75 Å². The number of nitrogens with zero attached hydrogens (tertiary/aromatic N) is 3. The molecule has 0 saturated carbocycles. The molecule has 0 bridgehead atoms. The van der Waals surface area contributed by atoms with E-state index in [0.29, 0.717) is 28.6 Å². The number of amides is 1. The molecule has 3 atom stereocenters. The average molecular weight is 510 g/mol. The van der Waals surface area contributed by atoms with E-state index in [1.54, 1.807) is 24.0 Å². The summed E-state index contributed by atoms with van der Waals surface area (Å²) in [6.07, 6.45) is -0.548. The highest BCUT2D eigenvalue weighted by molar-refractivity contribution is 7.89. The number of halogens is 1. The number of rotatable bonds is 7. The Balaban J connectivity index is 2.01. The second kappa shape index (κ2) is 10.5. The fourth-order valence-corrected chi connectivity index (χ4v) is 5.25. The molecule has 2 aromatic rings. The van der Waals surface area contributed by atoms with Crippen molar-refractivity contribution in [3.05, 3.63) is 53.1 Å². The van der Waals surface area contributed by atoms with Crippen LogP contribution in [0.25, 0.3) is 0 Å². The number of para-hydroxylation sites is 1. The van der Waals surface area contributed by atoms with E-state index in [4.69, 9.17) is 16.3 Å². The molecule has 0 aliphatic carbocycles. The Morgan fingerprint density at radius 2 is 1.82 bits per heavy atom. The van der Waals surface area contributed by atoms with Crippen molar-refractivity contribution in [2.45, 2.75) is 30.9 Å². The summed E-state index contributed by atoms with van der Waals surface area (Å²) in [5, 5.41) is 10.2. The Morgan fingerprint density at radius 1 is 1.18 bits per heavy atom. The SMILES string of the molecule is C[C@@H]1CN([C@@H](C)CO)C(=O)c2cccc(N(C)C)c2O[C@@H]1CN(C)S(=O)(=O)c1ccc(Cl)cc1. The second-order valence-electron chi connectivity index (χ2n) is 8.91. The van der Waals surface area contributed by atoms with Crippen molar-refractivity contribution in [1.29, 1.82) is 0 Å². The van der Waals surface area contributed by atoms with Gasteiger partial charge >= 0.3 is 0 Å². The molecule has 0 radical (unpaired) electrons. The number of sulfonamides is 1. The van der Waals surface area contributed by atoms with Gasteiger partial charge in [-0.15, -0.1) is 0 Å². The van der Waals surface area contributed by atoms with Crippen molar-refractivity contribution >= 4 is 33.2 Å². The largest absolute Gasteiger partial charge is 0.486 e. The lowest BCUT2D eigenvalue weighted by molar-refractivity contribution is 0.0388. The topological polar surface area (TPSA) is 90.4 Å². The van der Waals surface area contributed by atoms with Crippen molar-refractivity contribution < 1.29 is 23.1 Å². The predicted octanol–water partition coefficient (Wildman–Crippen LogP) is 2.95. The molecule has 2 aromatic carbocycles. The zero-order chi connectivity index (χ0) is 25.2. The van der Waals surface area contributed by atoms with Crippen LogP contribution in [0.4, 0.5) is 5.69 Å². The first kappa shape index (κ1) is 26.3. The zero-order valence-electron chi connectivity index (χ0n) is 20.1. The van der Waals surface area contributed by atoms with E-state index in [-0.39, 0.29) is 29.9 Å². The van der Waals surface area contributed by atoms with Crippen molar-refractivity contribution in [2.24, 2.45) is 5.92 Å². The smallest absolute Gasteiger partial charge is 0.258 e. The molecule has 186 valence electrons. The van der Waals surface area contributed by atoms with Crippen LogP contribution in [-0.2, 0) is 10.0 Å². The number of ether oxygens (including phenoxy) is 1. The van der Waals surface area contributed by atoms with Crippen LogP contribution in [0.3, 0.4) is 0 Å². The van der Waals surface area contributed by atoms with E-state index in [0.717, 1.165) is 0 Å². The molecule has 0 saturated heterocycles. The van der Waals surface area contributed by atoms with Crippen LogP contribution in [0.15, 0.2) is 47.4 Å². The first-order valence-electron chi connectivity index (χ1n) is 11.1. The lowest BCUT2D eigenvalue weighted by atomic mass is 9.99. The number of carbonyl (C=O) groups is 1. The lowest BCUT2D eigenvalue weighted by Gasteiger charge is -2.38. The van der Waals surface area contributed by atoms with Gasteiger partial charge in [0.2, 0.25) is 10.0 Å². The minimum atomic E-state index is -3.78. The Hall–Kier alpha value is -2.33. The van der Waals surface area contributed by atoms with Crippen LogP contribution in [0.5, 0.6) is 5.75 Å². The van der Waals surface area contributed by atoms with E-state index in [2.05, 4.69) is 0 Å². The maximum absolute atomic E-state index is 13.4. The van der Waals surface area contributed by atoms with E-state index < -0.39 is 22.2 Å². The van der Waals surface area contributed by atoms with Gasteiger partial charge in [0.05, 0.1) is 35.3 Å². The Labute approximate surface area is 206 Å². The molecule has 3 rings (SSSR count). The van der Waals surface area contributed by atoms with Crippen LogP contribution in [-0.4, -0.2) is 81.6 Å². The summed E-state index contributed by atoms with van der Waals surface area (Å²) in [7, 11) is 1.43. The van der Waals surface area contributed by atoms with Gasteiger partial charge in [-0.05, 0) is 43.3 Å². The molecule has 1 aliphatic rings. The summed E-state index contributed by atoms with van der Waals surface area (Å²) in [6.45, 7) is 3.90. The Morgan fingerprint density at radius 3 is 2.41 bits per heavy atom. The first-order valence-corrected chi connectivity index (χ1v) is 12.9. The van der Waals surface area contributed by atoms with Gasteiger partial charge in [-0.3, -0.25) is 4.79 Å². The van der Waals surface area contributed by atoms with Crippen molar-refractivity contribution in [3.63, 3.8) is 0 Å². The highest BCUT2D eigenvalue weighted by Gasteiger charge is 2.36. The number of aliphatic hydroxyl groups excluding tert-OH is 1. The van der Waals surface area contributed by atoms with Gasteiger partial charge in [0.25, 0.3) is 5.91 Å². The average Bonchev–Trinajstić information content (AvgIpc) is 2.80. The predicted molar refractivity (Wildman–Crippen MR) is 133 cm³/mol. The van der Waals surface area contributed by atoms with Gasteiger partial charge in [-0.2, -0.15) is 4.31 Å². The quantitative estimate of drug-likeness (QED) is 0.617. The van der Waals surface area contributed by atoms with Crippen LogP contribution in [0.2, 0.25) is 5.02 Å². The number of hydrogen-bond donors (Lipinski definition) is 1. The highest BCUT2D eigenvalue weighted by atomic mass is 35.5. The number of aliphatic hydroxyl groups is 1. The van der Waals surface area contributed by atoms with Crippen LogP contribution in [0.1, 0.15) is 24.2 Å². The Kier molecular flexibility index (Phi) is 8.13. The summed E-state index contributed by atoms with van der Waals surface area (Å²) in [5.74, 6) is -0.0432. The van der Waals surface area contributed by atoms with Crippen LogP contribution in [0, 0.1) is 5.92 Å². The number of fused-ring (bicyclic) bond motifs is 1. The van der Waals surface area contributed by atoms with Gasteiger partial charge in [-0.1, -0.05) is 24.6 Å². The molecule has 0 unspecified atom stereocenters. The standard InChI is InChI=1S/C24H32ClN3O5S/c1-16-13-28(17(2)15-29)24(30)20-7-6-8-21(26(3)4)23(20)33-22(16)14-27(5)34(31,32)19-11-9-18(25)10-12-19/h6-12,16-17,22,29H,13-15H2,1-5H3/t16-,17+,22-/m1/s1. The molecular formula is C24H32ClN3O5S. The van der Waals surface area contributed by atoms with Crippen molar-refractivity contribution in [1.82, 2.24) is 9.21 Å². The summed E-state index contributed by atoms with van der Waals surface area (Å²) >= 11 is 5.92.